The summed E-state index contributed by atoms with van der Waals surface area (Å²) >= 11 is 8.11. The molecule has 4 rings (SSSR count). The number of benzene rings is 3. The molecule has 0 fully saturated rings. The van der Waals surface area contributed by atoms with Crippen LogP contribution in [-0.2, 0) is 12.3 Å². The Morgan fingerprint density at radius 3 is 2.42 bits per heavy atom. The van der Waals surface area contributed by atoms with Crippen molar-refractivity contribution in [3.05, 3.63) is 101 Å². The zero-order valence-corrected chi connectivity index (χ0v) is 15.6. The Labute approximate surface area is 161 Å². The Hall–Kier alpha value is -2.23. The Bertz CT molecular complexity index is 1040. The number of para-hydroxylation sites is 1. The molecule has 1 nitrogen and oxygen atoms in total. The van der Waals surface area contributed by atoms with Gasteiger partial charge in [0.15, 0.2) is 0 Å². The molecule has 4 aromatic rings. The van der Waals surface area contributed by atoms with Gasteiger partial charge in [-0.2, -0.15) is 0 Å². The van der Waals surface area contributed by atoms with Gasteiger partial charge in [0.05, 0.1) is 0 Å². The van der Waals surface area contributed by atoms with E-state index in [9.17, 15) is 4.39 Å². The summed E-state index contributed by atoms with van der Waals surface area (Å²) in [6.45, 7) is 0.733. The molecule has 0 aliphatic heterocycles. The summed E-state index contributed by atoms with van der Waals surface area (Å²) < 4.78 is 15.3. The Kier molecular flexibility index (Phi) is 5.00. The molecule has 1 heterocycles. The lowest BCUT2D eigenvalue weighted by molar-refractivity contribution is 0.627. The number of nitrogens with zero attached hydrogens (tertiary/aromatic N) is 1. The van der Waals surface area contributed by atoms with E-state index in [2.05, 4.69) is 41.1 Å². The van der Waals surface area contributed by atoms with E-state index < -0.39 is 0 Å². The first kappa shape index (κ1) is 17.2. The Morgan fingerprint density at radius 1 is 0.885 bits per heavy atom. The van der Waals surface area contributed by atoms with Crippen molar-refractivity contribution < 1.29 is 4.39 Å². The van der Waals surface area contributed by atoms with Crippen LogP contribution in [0.1, 0.15) is 11.1 Å². The molecule has 0 saturated heterocycles. The normalized spacial score (nSPS) is 11.2. The number of thioether (sulfide) groups is 1. The fraction of sp³-hybridized carbons (Fsp3) is 0.0909. The Balaban J connectivity index is 1.63. The van der Waals surface area contributed by atoms with Crippen LogP contribution in [0.25, 0.3) is 10.9 Å². The largest absolute Gasteiger partial charge is 0.342 e. The molecular formula is C22H17ClFNS. The van der Waals surface area contributed by atoms with E-state index in [4.69, 9.17) is 11.6 Å². The van der Waals surface area contributed by atoms with Crippen LogP contribution in [0, 0.1) is 5.82 Å². The van der Waals surface area contributed by atoms with Gasteiger partial charge in [0.1, 0.15) is 5.82 Å². The molecule has 0 aliphatic carbocycles. The second-order valence-electron chi connectivity index (χ2n) is 6.14. The molecule has 1 aromatic heterocycles. The molecule has 0 amide bonds. The van der Waals surface area contributed by atoms with E-state index >= 15 is 0 Å². The summed E-state index contributed by atoms with van der Waals surface area (Å²) in [5.41, 5.74) is 3.40. The molecule has 4 heteroatoms. The minimum atomic E-state index is -0.199. The highest BCUT2D eigenvalue weighted by Gasteiger charge is 2.10. The minimum absolute atomic E-state index is 0.199. The van der Waals surface area contributed by atoms with Crippen molar-refractivity contribution >= 4 is 34.3 Å². The van der Waals surface area contributed by atoms with E-state index in [1.165, 1.54) is 27.9 Å². The van der Waals surface area contributed by atoms with Crippen molar-refractivity contribution in [2.45, 2.75) is 17.2 Å². The number of hydrogen-bond acceptors (Lipinski definition) is 1. The van der Waals surface area contributed by atoms with Crippen molar-refractivity contribution in [3.8, 4) is 0 Å². The molecule has 0 bridgehead atoms. The van der Waals surface area contributed by atoms with E-state index in [1.54, 1.807) is 11.8 Å². The molecule has 0 spiro atoms. The van der Waals surface area contributed by atoms with Crippen molar-refractivity contribution in [1.82, 2.24) is 4.57 Å². The zero-order chi connectivity index (χ0) is 17.9. The highest BCUT2D eigenvalue weighted by atomic mass is 35.5. The number of hydrogen-bond donors (Lipinski definition) is 0. The number of aromatic nitrogens is 1. The molecule has 0 aliphatic rings. The van der Waals surface area contributed by atoms with Crippen LogP contribution < -0.4 is 0 Å². The maximum absolute atomic E-state index is 13.1. The van der Waals surface area contributed by atoms with Crippen molar-refractivity contribution in [3.63, 3.8) is 0 Å². The summed E-state index contributed by atoms with van der Waals surface area (Å²) in [4.78, 5) is 1.22. The van der Waals surface area contributed by atoms with Crippen molar-refractivity contribution in [2.24, 2.45) is 0 Å². The predicted octanol–water partition coefficient (Wildman–Crippen LogP) is 6.77. The van der Waals surface area contributed by atoms with Gasteiger partial charge in [0.2, 0.25) is 0 Å². The summed E-state index contributed by atoms with van der Waals surface area (Å²) in [7, 11) is 0. The molecule has 3 aromatic carbocycles. The maximum atomic E-state index is 13.1. The summed E-state index contributed by atoms with van der Waals surface area (Å²) in [5.74, 6) is 0.607. The van der Waals surface area contributed by atoms with E-state index in [0.717, 1.165) is 28.4 Å². The smallest absolute Gasteiger partial charge is 0.123 e. The van der Waals surface area contributed by atoms with Gasteiger partial charge in [-0.3, -0.25) is 0 Å². The van der Waals surface area contributed by atoms with Crippen LogP contribution in [0.15, 0.2) is 83.9 Å². The summed E-state index contributed by atoms with van der Waals surface area (Å²) in [5, 5.41) is 2.01. The van der Waals surface area contributed by atoms with E-state index in [0.29, 0.717) is 0 Å². The number of rotatable bonds is 5. The van der Waals surface area contributed by atoms with Gasteiger partial charge >= 0.3 is 0 Å². The van der Waals surface area contributed by atoms with Gasteiger partial charge in [-0.1, -0.05) is 60.1 Å². The first-order chi connectivity index (χ1) is 12.7. The minimum Gasteiger partial charge on any atom is -0.342 e. The van der Waals surface area contributed by atoms with Crippen LogP contribution in [-0.4, -0.2) is 4.57 Å². The number of halogens is 2. The zero-order valence-electron chi connectivity index (χ0n) is 14.0. The van der Waals surface area contributed by atoms with Gasteiger partial charge in [0.25, 0.3) is 0 Å². The SMILES string of the molecule is Fc1ccc(CSc2cn(Cc3ccccc3Cl)c3ccccc23)cc1. The third kappa shape index (κ3) is 3.64. The van der Waals surface area contributed by atoms with Crippen LogP contribution in [0.5, 0.6) is 0 Å². The van der Waals surface area contributed by atoms with Gasteiger partial charge in [-0.15, -0.1) is 11.8 Å². The summed E-state index contributed by atoms with van der Waals surface area (Å²) in [6.07, 6.45) is 2.18. The molecule has 130 valence electrons. The van der Waals surface area contributed by atoms with Gasteiger partial charge in [0, 0.05) is 39.3 Å². The molecule has 0 saturated carbocycles. The van der Waals surface area contributed by atoms with E-state index in [-0.39, 0.29) is 5.82 Å². The average Bonchev–Trinajstić information content (AvgIpc) is 3.01. The van der Waals surface area contributed by atoms with Crippen LogP contribution in [0.2, 0.25) is 5.02 Å². The van der Waals surface area contributed by atoms with Gasteiger partial charge in [-0.05, 0) is 35.4 Å². The fourth-order valence-electron chi connectivity index (χ4n) is 3.01. The van der Waals surface area contributed by atoms with Crippen LogP contribution >= 0.6 is 23.4 Å². The van der Waals surface area contributed by atoms with Crippen LogP contribution in [0.3, 0.4) is 0 Å². The second-order valence-corrected chi connectivity index (χ2v) is 7.57. The highest BCUT2D eigenvalue weighted by molar-refractivity contribution is 7.98. The third-order valence-corrected chi connectivity index (χ3v) is 5.84. The number of fused-ring (bicyclic) bond motifs is 1. The third-order valence-electron chi connectivity index (χ3n) is 4.36. The first-order valence-corrected chi connectivity index (χ1v) is 9.75. The first-order valence-electron chi connectivity index (χ1n) is 8.39. The van der Waals surface area contributed by atoms with Crippen molar-refractivity contribution in [1.29, 1.82) is 0 Å². The molecular weight excluding hydrogens is 365 g/mol. The van der Waals surface area contributed by atoms with Gasteiger partial charge in [-0.25, -0.2) is 4.39 Å². The Morgan fingerprint density at radius 2 is 1.62 bits per heavy atom. The molecule has 0 radical (unpaired) electrons. The highest BCUT2D eigenvalue weighted by Crippen LogP contribution is 2.33. The topological polar surface area (TPSA) is 4.93 Å². The average molecular weight is 382 g/mol. The van der Waals surface area contributed by atoms with Gasteiger partial charge < -0.3 is 4.57 Å². The molecule has 0 atom stereocenters. The lowest BCUT2D eigenvalue weighted by atomic mass is 10.2. The monoisotopic (exact) mass is 381 g/mol. The molecule has 0 N–H and O–H groups in total. The maximum Gasteiger partial charge on any atom is 0.123 e. The van der Waals surface area contributed by atoms with Crippen LogP contribution in [0.4, 0.5) is 4.39 Å². The van der Waals surface area contributed by atoms with E-state index in [1.807, 2.05) is 30.3 Å². The lowest BCUT2D eigenvalue weighted by Gasteiger charge is -2.07. The molecule has 0 unspecified atom stereocenters. The van der Waals surface area contributed by atoms with Crippen molar-refractivity contribution in [2.75, 3.05) is 0 Å². The summed E-state index contributed by atoms with van der Waals surface area (Å²) in [6, 6.07) is 23.0. The predicted molar refractivity (Wildman–Crippen MR) is 108 cm³/mol. The quantitative estimate of drug-likeness (QED) is 0.345. The fourth-order valence-corrected chi connectivity index (χ4v) is 4.25. The molecule has 26 heavy (non-hydrogen) atoms. The second kappa shape index (κ2) is 7.56. The standard InChI is InChI=1S/C22H17ClFNS/c23-20-7-3-1-5-17(20)13-25-14-22(19-6-2-4-8-21(19)25)26-15-16-9-11-18(24)12-10-16/h1-12,14H,13,15H2. The lowest BCUT2D eigenvalue weighted by Crippen LogP contribution is -1.98.